The number of rotatable bonds is 2. The fourth-order valence-corrected chi connectivity index (χ4v) is 1.33. The van der Waals surface area contributed by atoms with Gasteiger partial charge in [-0.15, -0.1) is 0 Å². The third-order valence-electron chi connectivity index (χ3n) is 1.49. The lowest BCUT2D eigenvalue weighted by Crippen LogP contribution is -1.89. The Morgan fingerprint density at radius 1 is 1.58 bits per heavy atom. The summed E-state index contributed by atoms with van der Waals surface area (Å²) in [5.41, 5.74) is 1.16. The van der Waals surface area contributed by atoms with Crippen LogP contribution in [0.15, 0.2) is 24.8 Å². The van der Waals surface area contributed by atoms with Crippen molar-refractivity contribution in [3.8, 4) is 0 Å². The molecule has 0 unspecified atom stereocenters. The number of allylic oxidation sites excluding steroid dienone is 1. The van der Waals surface area contributed by atoms with Gasteiger partial charge in [-0.2, -0.15) is 0 Å². The zero-order chi connectivity index (χ0) is 9.14. The van der Waals surface area contributed by atoms with Crippen LogP contribution in [0.5, 0.6) is 0 Å². The molecule has 0 saturated carbocycles. The molecule has 1 aromatic carbocycles. The van der Waals surface area contributed by atoms with Gasteiger partial charge in [0, 0.05) is 10.9 Å². The van der Waals surface area contributed by atoms with Gasteiger partial charge >= 0.3 is 0 Å². The number of hydrogen-bond acceptors (Lipinski definition) is 0. The maximum Gasteiger partial charge on any atom is 0.149 e. The van der Waals surface area contributed by atoms with Crippen molar-refractivity contribution < 1.29 is 4.39 Å². The smallest absolute Gasteiger partial charge is 0.149 e. The Balaban J connectivity index is 3.16. The summed E-state index contributed by atoms with van der Waals surface area (Å²) in [6, 6.07) is 4.88. The molecular weight excluding hydrogens is 242 g/mol. The van der Waals surface area contributed by atoms with Crippen LogP contribution in [0.2, 0.25) is 5.02 Å². The molecule has 0 N–H and O–H groups in total. The van der Waals surface area contributed by atoms with Gasteiger partial charge in [0.2, 0.25) is 0 Å². The first kappa shape index (κ1) is 9.75. The number of halogens is 3. The van der Waals surface area contributed by atoms with E-state index < -0.39 is 5.82 Å². The molecule has 0 saturated heterocycles. The van der Waals surface area contributed by atoms with Crippen LogP contribution in [0.1, 0.15) is 5.56 Å². The lowest BCUT2D eigenvalue weighted by molar-refractivity contribution is 0.624. The molecule has 0 heterocycles. The molecule has 0 aliphatic rings. The lowest BCUT2D eigenvalue weighted by atomic mass is 10.1. The van der Waals surface area contributed by atoms with E-state index in [0.29, 0.717) is 16.5 Å². The van der Waals surface area contributed by atoms with Crippen LogP contribution in [-0.2, 0) is 0 Å². The van der Waals surface area contributed by atoms with Crippen LogP contribution >= 0.6 is 27.5 Å². The molecule has 12 heavy (non-hydrogen) atoms. The van der Waals surface area contributed by atoms with E-state index in [-0.39, 0.29) is 5.02 Å². The largest absolute Gasteiger partial charge is 0.205 e. The molecule has 0 aliphatic heterocycles. The van der Waals surface area contributed by atoms with Gasteiger partial charge in [-0.1, -0.05) is 46.2 Å². The molecule has 0 bridgehead atoms. The molecule has 0 radical (unpaired) electrons. The first-order valence-electron chi connectivity index (χ1n) is 3.35. The zero-order valence-corrected chi connectivity index (χ0v) is 8.62. The summed E-state index contributed by atoms with van der Waals surface area (Å²) in [7, 11) is 0. The first-order chi connectivity index (χ1) is 5.66. The van der Waals surface area contributed by atoms with Crippen LogP contribution < -0.4 is 0 Å². The minimum absolute atomic E-state index is 0.134. The van der Waals surface area contributed by atoms with E-state index in [1.54, 1.807) is 12.1 Å². The van der Waals surface area contributed by atoms with Gasteiger partial charge in [-0.05, 0) is 11.6 Å². The SMILES string of the molecule is C=C(CBr)c1cccc(Cl)c1F. The number of alkyl halides is 1. The Morgan fingerprint density at radius 3 is 2.83 bits per heavy atom. The Hall–Kier alpha value is -0.340. The maximum absolute atomic E-state index is 13.2. The summed E-state index contributed by atoms with van der Waals surface area (Å²) in [6.45, 7) is 3.70. The molecule has 3 heteroatoms. The van der Waals surface area contributed by atoms with Crippen molar-refractivity contribution in [2.24, 2.45) is 0 Å². The highest BCUT2D eigenvalue weighted by molar-refractivity contribution is 9.09. The van der Waals surface area contributed by atoms with Gasteiger partial charge in [-0.25, -0.2) is 4.39 Å². The van der Waals surface area contributed by atoms with Crippen molar-refractivity contribution in [3.05, 3.63) is 41.2 Å². The van der Waals surface area contributed by atoms with E-state index in [1.165, 1.54) is 6.07 Å². The molecule has 0 aliphatic carbocycles. The monoisotopic (exact) mass is 248 g/mol. The molecule has 64 valence electrons. The lowest BCUT2D eigenvalue weighted by Gasteiger charge is -2.03. The van der Waals surface area contributed by atoms with Crippen LogP contribution in [-0.4, -0.2) is 5.33 Å². The van der Waals surface area contributed by atoms with Gasteiger partial charge in [0.05, 0.1) is 5.02 Å². The van der Waals surface area contributed by atoms with E-state index in [9.17, 15) is 4.39 Å². The van der Waals surface area contributed by atoms with Crippen LogP contribution in [0, 0.1) is 5.82 Å². The van der Waals surface area contributed by atoms with E-state index in [1.807, 2.05) is 0 Å². The summed E-state index contributed by atoms with van der Waals surface area (Å²) >= 11 is 8.78. The highest BCUT2D eigenvalue weighted by Crippen LogP contribution is 2.23. The summed E-state index contributed by atoms with van der Waals surface area (Å²) in [6.07, 6.45) is 0. The van der Waals surface area contributed by atoms with Gasteiger partial charge in [-0.3, -0.25) is 0 Å². The Morgan fingerprint density at radius 2 is 2.25 bits per heavy atom. The summed E-state index contributed by atoms with van der Waals surface area (Å²) in [5, 5.41) is 0.680. The van der Waals surface area contributed by atoms with Crippen molar-refractivity contribution in [3.63, 3.8) is 0 Å². The van der Waals surface area contributed by atoms with Crippen molar-refractivity contribution in [2.75, 3.05) is 5.33 Å². The van der Waals surface area contributed by atoms with Gasteiger partial charge in [0.1, 0.15) is 5.82 Å². The van der Waals surface area contributed by atoms with Gasteiger partial charge < -0.3 is 0 Å². The normalized spacial score (nSPS) is 9.92. The third kappa shape index (κ3) is 1.87. The molecule has 0 spiro atoms. The predicted octanol–water partition coefficient (Wildman–Crippen LogP) is 3.89. The van der Waals surface area contributed by atoms with E-state index >= 15 is 0 Å². The van der Waals surface area contributed by atoms with E-state index in [4.69, 9.17) is 11.6 Å². The second-order valence-corrected chi connectivity index (χ2v) is 3.31. The molecule has 0 amide bonds. The van der Waals surface area contributed by atoms with Gasteiger partial charge in [0.25, 0.3) is 0 Å². The number of benzene rings is 1. The minimum atomic E-state index is -0.399. The highest BCUT2D eigenvalue weighted by atomic mass is 79.9. The molecule has 0 fully saturated rings. The van der Waals surface area contributed by atoms with Crippen LogP contribution in [0.25, 0.3) is 5.57 Å². The van der Waals surface area contributed by atoms with Crippen LogP contribution in [0.4, 0.5) is 4.39 Å². The Labute approximate surface area is 84.2 Å². The highest BCUT2D eigenvalue weighted by Gasteiger charge is 2.07. The fraction of sp³-hybridized carbons (Fsp3) is 0.111. The molecular formula is C9H7BrClF. The topological polar surface area (TPSA) is 0 Å². The first-order valence-corrected chi connectivity index (χ1v) is 4.85. The van der Waals surface area contributed by atoms with Crippen LogP contribution in [0.3, 0.4) is 0 Å². The van der Waals surface area contributed by atoms with E-state index in [2.05, 4.69) is 22.5 Å². The standard InChI is InChI=1S/C9H7BrClF/c1-6(5-10)7-3-2-4-8(11)9(7)12/h2-4H,1,5H2. The van der Waals surface area contributed by atoms with Crippen molar-refractivity contribution in [2.45, 2.75) is 0 Å². The third-order valence-corrected chi connectivity index (χ3v) is 2.46. The second-order valence-electron chi connectivity index (χ2n) is 2.34. The Bertz CT molecular complexity index is 309. The average molecular weight is 250 g/mol. The molecule has 0 atom stereocenters. The molecule has 0 aromatic heterocycles. The maximum atomic E-state index is 13.2. The minimum Gasteiger partial charge on any atom is -0.205 e. The van der Waals surface area contributed by atoms with Gasteiger partial charge in [0.15, 0.2) is 0 Å². The quantitative estimate of drug-likeness (QED) is 0.698. The zero-order valence-electron chi connectivity index (χ0n) is 6.28. The fourth-order valence-electron chi connectivity index (χ4n) is 0.849. The molecule has 0 nitrogen and oxygen atoms in total. The van der Waals surface area contributed by atoms with Crippen molar-refractivity contribution in [1.82, 2.24) is 0 Å². The molecule has 1 rings (SSSR count). The summed E-state index contributed by atoms with van der Waals surface area (Å²) in [5.74, 6) is -0.399. The molecule has 1 aromatic rings. The predicted molar refractivity (Wildman–Crippen MR) is 54.2 cm³/mol. The van der Waals surface area contributed by atoms with Crippen molar-refractivity contribution in [1.29, 1.82) is 0 Å². The van der Waals surface area contributed by atoms with E-state index in [0.717, 1.165) is 0 Å². The Kier molecular flexibility index (Phi) is 3.29. The summed E-state index contributed by atoms with van der Waals surface area (Å²) in [4.78, 5) is 0. The average Bonchev–Trinajstić information content (AvgIpc) is 2.08. The second kappa shape index (κ2) is 4.06. The van der Waals surface area contributed by atoms with Crippen molar-refractivity contribution >= 4 is 33.1 Å². The summed E-state index contributed by atoms with van der Waals surface area (Å²) < 4.78 is 13.2. The number of hydrogen-bond donors (Lipinski definition) is 0.